The van der Waals surface area contributed by atoms with Crippen LogP contribution in [0.3, 0.4) is 0 Å². The molecule has 1 N–H and O–H groups in total. The van der Waals surface area contributed by atoms with Crippen molar-refractivity contribution in [2.75, 3.05) is 6.54 Å². The van der Waals surface area contributed by atoms with E-state index in [1.54, 1.807) is 6.07 Å². The number of hydrogen-bond donors (Lipinski definition) is 1. The van der Waals surface area contributed by atoms with Crippen molar-refractivity contribution < 1.29 is 8.81 Å². The second-order valence-corrected chi connectivity index (χ2v) is 4.76. The molecule has 2 heterocycles. The molecule has 0 amide bonds. The average Bonchev–Trinajstić information content (AvgIpc) is 3.04. The van der Waals surface area contributed by atoms with Crippen LogP contribution in [0.5, 0.6) is 0 Å². The van der Waals surface area contributed by atoms with Crippen LogP contribution in [0.15, 0.2) is 34.1 Å². The first-order valence-electron chi connectivity index (χ1n) is 5.97. The van der Waals surface area contributed by atoms with E-state index in [1.165, 1.54) is 23.7 Å². The Hall–Kier alpha value is -1.79. The minimum Gasteiger partial charge on any atom is -0.459 e. The maximum atomic E-state index is 13.2. The monoisotopic (exact) mass is 277 g/mol. The molecule has 0 spiro atoms. The summed E-state index contributed by atoms with van der Waals surface area (Å²) in [5.41, 5.74) is 1.48. The minimum atomic E-state index is -0.268. The Morgan fingerprint density at radius 3 is 3.05 bits per heavy atom. The van der Waals surface area contributed by atoms with Gasteiger partial charge in [0, 0.05) is 10.8 Å². The van der Waals surface area contributed by atoms with Crippen LogP contribution >= 0.6 is 11.5 Å². The van der Waals surface area contributed by atoms with Crippen LogP contribution in [-0.4, -0.2) is 16.1 Å². The first-order chi connectivity index (χ1) is 9.28. The molecule has 0 radical (unpaired) electrons. The van der Waals surface area contributed by atoms with Crippen molar-refractivity contribution in [1.82, 2.24) is 14.9 Å². The minimum absolute atomic E-state index is 0.154. The van der Waals surface area contributed by atoms with E-state index in [9.17, 15) is 4.39 Å². The Balaban J connectivity index is 2.05. The van der Waals surface area contributed by atoms with Crippen molar-refractivity contribution in [2.45, 2.75) is 13.0 Å². The molecular weight excluding hydrogens is 265 g/mol. The first-order valence-corrected chi connectivity index (χ1v) is 6.81. The first kappa shape index (κ1) is 12.3. The fourth-order valence-electron chi connectivity index (χ4n) is 2.03. The zero-order valence-corrected chi connectivity index (χ0v) is 11.1. The Morgan fingerprint density at radius 1 is 1.42 bits per heavy atom. The quantitative estimate of drug-likeness (QED) is 0.796. The SMILES string of the molecule is CCNC(c1csnn1)c1cc2cc(F)ccc2o1. The highest BCUT2D eigenvalue weighted by molar-refractivity contribution is 7.03. The molecule has 4 nitrogen and oxygen atoms in total. The second kappa shape index (κ2) is 5.07. The normalized spacial score (nSPS) is 12.9. The molecule has 0 aliphatic carbocycles. The Labute approximate surface area is 113 Å². The molecule has 1 aromatic carbocycles. The van der Waals surface area contributed by atoms with Crippen molar-refractivity contribution in [1.29, 1.82) is 0 Å². The molecule has 3 aromatic rings. The van der Waals surface area contributed by atoms with E-state index in [-0.39, 0.29) is 11.9 Å². The third kappa shape index (κ3) is 2.36. The smallest absolute Gasteiger partial charge is 0.134 e. The second-order valence-electron chi connectivity index (χ2n) is 4.15. The van der Waals surface area contributed by atoms with Crippen molar-refractivity contribution in [3.05, 3.63) is 46.9 Å². The van der Waals surface area contributed by atoms with Crippen molar-refractivity contribution in [3.63, 3.8) is 0 Å². The summed E-state index contributed by atoms with van der Waals surface area (Å²) in [6.07, 6.45) is 0. The Kier molecular flexibility index (Phi) is 3.27. The van der Waals surface area contributed by atoms with Gasteiger partial charge in [0.15, 0.2) is 0 Å². The van der Waals surface area contributed by atoms with Gasteiger partial charge >= 0.3 is 0 Å². The molecule has 0 aliphatic heterocycles. The van der Waals surface area contributed by atoms with Gasteiger partial charge < -0.3 is 9.73 Å². The molecule has 0 bridgehead atoms. The topological polar surface area (TPSA) is 51.0 Å². The van der Waals surface area contributed by atoms with E-state index in [4.69, 9.17) is 4.42 Å². The fraction of sp³-hybridized carbons (Fsp3) is 0.231. The maximum absolute atomic E-state index is 13.2. The summed E-state index contributed by atoms with van der Waals surface area (Å²) in [6.45, 7) is 2.78. The maximum Gasteiger partial charge on any atom is 0.134 e. The van der Waals surface area contributed by atoms with Gasteiger partial charge in [0.2, 0.25) is 0 Å². The zero-order valence-electron chi connectivity index (χ0n) is 10.3. The zero-order chi connectivity index (χ0) is 13.2. The lowest BCUT2D eigenvalue weighted by Crippen LogP contribution is -2.21. The van der Waals surface area contributed by atoms with Gasteiger partial charge in [0.05, 0.1) is 0 Å². The van der Waals surface area contributed by atoms with Crippen LogP contribution in [-0.2, 0) is 0 Å². The number of nitrogens with one attached hydrogen (secondary N) is 1. The third-order valence-electron chi connectivity index (χ3n) is 2.86. The predicted molar refractivity (Wildman–Crippen MR) is 71.6 cm³/mol. The van der Waals surface area contributed by atoms with E-state index < -0.39 is 0 Å². The number of furan rings is 1. The standard InChI is InChI=1S/C13H12FN3OS/c1-2-15-13(10-7-19-17-16-10)12-6-8-5-9(14)3-4-11(8)18-12/h3-7,13,15H,2H2,1H3. The number of aromatic nitrogens is 2. The molecule has 1 unspecified atom stereocenters. The number of fused-ring (bicyclic) bond motifs is 1. The highest BCUT2D eigenvalue weighted by Gasteiger charge is 2.20. The fourth-order valence-corrected chi connectivity index (χ4v) is 2.51. The van der Waals surface area contributed by atoms with Gasteiger partial charge in [-0.3, -0.25) is 0 Å². The van der Waals surface area contributed by atoms with E-state index in [0.29, 0.717) is 5.58 Å². The van der Waals surface area contributed by atoms with E-state index in [0.717, 1.165) is 23.4 Å². The van der Waals surface area contributed by atoms with Crippen molar-refractivity contribution in [3.8, 4) is 0 Å². The van der Waals surface area contributed by atoms with Gasteiger partial charge in [-0.15, -0.1) is 5.10 Å². The summed E-state index contributed by atoms with van der Waals surface area (Å²) in [4.78, 5) is 0. The molecule has 98 valence electrons. The highest BCUT2D eigenvalue weighted by Crippen LogP contribution is 2.28. The molecule has 0 saturated carbocycles. The van der Waals surface area contributed by atoms with E-state index in [1.807, 2.05) is 18.4 Å². The molecule has 2 aromatic heterocycles. The van der Waals surface area contributed by atoms with Crippen LogP contribution in [0.2, 0.25) is 0 Å². The van der Waals surface area contributed by atoms with Gasteiger partial charge in [0.1, 0.15) is 28.9 Å². The van der Waals surface area contributed by atoms with Crippen LogP contribution in [0.1, 0.15) is 24.4 Å². The average molecular weight is 277 g/mol. The van der Waals surface area contributed by atoms with Gasteiger partial charge in [-0.1, -0.05) is 11.4 Å². The molecule has 0 fully saturated rings. The summed E-state index contributed by atoms with van der Waals surface area (Å²) >= 11 is 1.29. The summed E-state index contributed by atoms with van der Waals surface area (Å²) in [7, 11) is 0. The lowest BCUT2D eigenvalue weighted by atomic mass is 10.1. The number of rotatable bonds is 4. The number of hydrogen-bond acceptors (Lipinski definition) is 5. The van der Waals surface area contributed by atoms with Crippen LogP contribution in [0.25, 0.3) is 11.0 Å². The van der Waals surface area contributed by atoms with Crippen molar-refractivity contribution >= 4 is 22.5 Å². The van der Waals surface area contributed by atoms with Gasteiger partial charge in [-0.05, 0) is 42.3 Å². The third-order valence-corrected chi connectivity index (χ3v) is 3.39. The van der Waals surface area contributed by atoms with Gasteiger partial charge in [-0.25, -0.2) is 4.39 Å². The van der Waals surface area contributed by atoms with Crippen LogP contribution in [0, 0.1) is 5.82 Å². The molecular formula is C13H12FN3OS. The molecule has 1 atom stereocenters. The summed E-state index contributed by atoms with van der Waals surface area (Å²) < 4.78 is 22.8. The lowest BCUT2D eigenvalue weighted by Gasteiger charge is -2.11. The summed E-state index contributed by atoms with van der Waals surface area (Å²) in [5, 5.41) is 9.99. The number of nitrogens with zero attached hydrogens (tertiary/aromatic N) is 2. The summed E-state index contributed by atoms with van der Waals surface area (Å²) in [5.74, 6) is 0.449. The van der Waals surface area contributed by atoms with E-state index in [2.05, 4.69) is 14.9 Å². The molecule has 6 heteroatoms. The van der Waals surface area contributed by atoms with Crippen molar-refractivity contribution in [2.24, 2.45) is 0 Å². The number of benzene rings is 1. The Morgan fingerprint density at radius 2 is 2.32 bits per heavy atom. The lowest BCUT2D eigenvalue weighted by molar-refractivity contribution is 0.470. The highest BCUT2D eigenvalue weighted by atomic mass is 32.1. The Bertz CT molecular complexity index is 680. The van der Waals surface area contributed by atoms with Crippen LogP contribution in [0.4, 0.5) is 4.39 Å². The molecule has 19 heavy (non-hydrogen) atoms. The van der Waals surface area contributed by atoms with Gasteiger partial charge in [-0.2, -0.15) is 0 Å². The molecule has 0 aliphatic rings. The van der Waals surface area contributed by atoms with Crippen LogP contribution < -0.4 is 5.32 Å². The molecule has 0 saturated heterocycles. The van der Waals surface area contributed by atoms with E-state index >= 15 is 0 Å². The van der Waals surface area contributed by atoms with Gasteiger partial charge in [0.25, 0.3) is 0 Å². The predicted octanol–water partition coefficient (Wildman–Crippen LogP) is 3.12. The summed E-state index contributed by atoms with van der Waals surface area (Å²) in [6, 6.07) is 6.17. The number of halogens is 1. The molecule has 3 rings (SSSR count). The largest absolute Gasteiger partial charge is 0.459 e.